The minimum Gasteiger partial charge on any atom is -0.383 e. The van der Waals surface area contributed by atoms with Gasteiger partial charge in [0.25, 0.3) is 6.43 Å². The molecular formula is C27H29F2N9S. The van der Waals surface area contributed by atoms with Crippen molar-refractivity contribution in [1.82, 2.24) is 25.9 Å². The molecule has 9 nitrogen and oxygen atoms in total. The van der Waals surface area contributed by atoms with Gasteiger partial charge in [-0.3, -0.25) is 9.99 Å². The molecule has 3 aromatic rings. The summed E-state index contributed by atoms with van der Waals surface area (Å²) in [6.07, 6.45) is 1.44. The molecule has 1 aliphatic heterocycles. The van der Waals surface area contributed by atoms with Crippen LogP contribution in [0.3, 0.4) is 0 Å². The van der Waals surface area contributed by atoms with Crippen molar-refractivity contribution in [2.24, 2.45) is 5.41 Å². The van der Waals surface area contributed by atoms with E-state index in [0.29, 0.717) is 58.5 Å². The second-order valence-electron chi connectivity index (χ2n) is 11.1. The van der Waals surface area contributed by atoms with Gasteiger partial charge in [0, 0.05) is 34.9 Å². The molecule has 0 saturated heterocycles. The summed E-state index contributed by atoms with van der Waals surface area (Å²) in [4.78, 5) is 9.93. The van der Waals surface area contributed by atoms with Crippen LogP contribution < -0.4 is 21.6 Å². The van der Waals surface area contributed by atoms with Gasteiger partial charge >= 0.3 is 0 Å². The standard InChI is InChI=1S/C27H29F2N9S/c1-15-21(34-14-39-15)24(20-12-38(37-36-20)27(5-6-27)25(28)29)35-18-7-16(9-30)22-19(8-18)23(17(10-31)11-32-22)33-13-26(2,3)4/h7-8,11-12,14,24-25,35-37H,5-6,13H2,1-4H3,(H,32,33)/t24-/m1/s1. The molecule has 3 heterocycles. The van der Waals surface area contributed by atoms with Crippen LogP contribution in [0.2, 0.25) is 0 Å². The van der Waals surface area contributed by atoms with Crippen LogP contribution in [-0.2, 0) is 0 Å². The van der Waals surface area contributed by atoms with E-state index in [-0.39, 0.29) is 5.41 Å². The first-order valence-electron chi connectivity index (χ1n) is 12.5. The van der Waals surface area contributed by atoms with Crippen LogP contribution in [0.1, 0.15) is 61.4 Å². The van der Waals surface area contributed by atoms with Gasteiger partial charge in [0.2, 0.25) is 0 Å². The van der Waals surface area contributed by atoms with Crippen molar-refractivity contribution in [1.29, 1.82) is 10.5 Å². The monoisotopic (exact) mass is 549 g/mol. The first-order chi connectivity index (χ1) is 18.6. The molecule has 1 aromatic carbocycles. The number of hydrazine groups is 2. The lowest BCUT2D eigenvalue weighted by atomic mass is 9.96. The van der Waals surface area contributed by atoms with Gasteiger partial charge in [0.05, 0.1) is 39.2 Å². The topological polar surface area (TPSA) is 125 Å². The van der Waals surface area contributed by atoms with E-state index in [1.165, 1.54) is 22.5 Å². The molecule has 0 unspecified atom stereocenters. The molecule has 0 spiro atoms. The molecule has 1 aliphatic carbocycles. The molecule has 1 fully saturated rings. The molecule has 202 valence electrons. The molecule has 2 aromatic heterocycles. The van der Waals surface area contributed by atoms with Crippen molar-refractivity contribution >= 4 is 33.6 Å². The van der Waals surface area contributed by atoms with Gasteiger partial charge in [-0.2, -0.15) is 10.5 Å². The third-order valence-corrected chi connectivity index (χ3v) is 7.70. The van der Waals surface area contributed by atoms with Crippen LogP contribution >= 0.6 is 11.3 Å². The fraction of sp³-hybridized carbons (Fsp3) is 0.407. The highest BCUT2D eigenvalue weighted by Crippen LogP contribution is 2.47. The normalized spacial score (nSPS) is 16.8. The number of benzene rings is 1. The predicted molar refractivity (Wildman–Crippen MR) is 146 cm³/mol. The highest BCUT2D eigenvalue weighted by Gasteiger charge is 2.56. The Morgan fingerprint density at radius 2 is 1.92 bits per heavy atom. The summed E-state index contributed by atoms with van der Waals surface area (Å²) in [6.45, 7) is 8.81. The number of rotatable bonds is 8. The van der Waals surface area contributed by atoms with E-state index in [4.69, 9.17) is 0 Å². The number of nitrogens with zero attached hydrogens (tertiary/aromatic N) is 5. The number of hydrogen-bond donors (Lipinski definition) is 4. The highest BCUT2D eigenvalue weighted by molar-refractivity contribution is 7.09. The van der Waals surface area contributed by atoms with Crippen molar-refractivity contribution in [2.75, 3.05) is 17.2 Å². The van der Waals surface area contributed by atoms with Gasteiger partial charge in [-0.25, -0.2) is 13.8 Å². The maximum absolute atomic E-state index is 13.8. The third-order valence-electron chi connectivity index (χ3n) is 6.92. The summed E-state index contributed by atoms with van der Waals surface area (Å²) in [5.74, 6) is 0. The molecule has 4 N–H and O–H groups in total. The number of hydrogen-bond acceptors (Lipinski definition) is 10. The molecule has 39 heavy (non-hydrogen) atoms. The minimum atomic E-state index is -2.49. The zero-order chi connectivity index (χ0) is 27.9. The van der Waals surface area contributed by atoms with Gasteiger partial charge < -0.3 is 16.1 Å². The molecule has 12 heteroatoms. The van der Waals surface area contributed by atoms with E-state index in [9.17, 15) is 19.3 Å². The Balaban J connectivity index is 1.58. The van der Waals surface area contributed by atoms with E-state index in [2.05, 4.69) is 64.5 Å². The number of aromatic nitrogens is 2. The number of thiazole rings is 1. The number of halogens is 2. The number of pyridine rings is 1. The van der Waals surface area contributed by atoms with Crippen molar-refractivity contribution < 1.29 is 8.78 Å². The summed E-state index contributed by atoms with van der Waals surface area (Å²) in [5.41, 5.74) is 10.2. The quantitative estimate of drug-likeness (QED) is 0.295. The molecule has 0 amide bonds. The van der Waals surface area contributed by atoms with E-state index >= 15 is 0 Å². The largest absolute Gasteiger partial charge is 0.383 e. The first kappa shape index (κ1) is 26.6. The fourth-order valence-corrected chi connectivity index (χ4v) is 5.17. The molecule has 0 radical (unpaired) electrons. The second-order valence-corrected chi connectivity index (χ2v) is 12.1. The van der Waals surface area contributed by atoms with Gasteiger partial charge in [-0.05, 0) is 37.3 Å². The zero-order valence-electron chi connectivity index (χ0n) is 22.1. The Morgan fingerprint density at radius 3 is 2.51 bits per heavy atom. The average Bonchev–Trinajstić information content (AvgIpc) is 3.37. The number of fused-ring (bicyclic) bond motifs is 1. The van der Waals surface area contributed by atoms with Crippen molar-refractivity contribution in [3.05, 3.63) is 57.4 Å². The summed E-state index contributed by atoms with van der Waals surface area (Å²) in [7, 11) is 0. The summed E-state index contributed by atoms with van der Waals surface area (Å²) < 4.78 is 27.6. The van der Waals surface area contributed by atoms with Crippen molar-refractivity contribution in [3.63, 3.8) is 0 Å². The number of anilines is 2. The Kier molecular flexibility index (Phi) is 6.79. The fourth-order valence-electron chi connectivity index (χ4n) is 4.56. The maximum atomic E-state index is 13.8. The Labute approximate surface area is 229 Å². The minimum absolute atomic E-state index is 0.0554. The lowest BCUT2D eigenvalue weighted by Crippen LogP contribution is -2.48. The summed E-state index contributed by atoms with van der Waals surface area (Å²) in [5, 5.41) is 28.7. The lowest BCUT2D eigenvalue weighted by molar-refractivity contribution is 0.00911. The summed E-state index contributed by atoms with van der Waals surface area (Å²) in [6, 6.07) is 7.45. The molecule has 5 rings (SSSR count). The smallest absolute Gasteiger partial charge is 0.262 e. The highest BCUT2D eigenvalue weighted by atomic mass is 32.1. The number of nitrogens with one attached hydrogen (secondary N) is 4. The molecular weight excluding hydrogens is 520 g/mol. The maximum Gasteiger partial charge on any atom is 0.262 e. The van der Waals surface area contributed by atoms with E-state index in [1.807, 2.05) is 13.0 Å². The third kappa shape index (κ3) is 5.05. The number of aryl methyl sites for hydroxylation is 1. The second kappa shape index (κ2) is 9.95. The van der Waals surface area contributed by atoms with E-state index < -0.39 is 18.0 Å². The first-order valence-corrected chi connectivity index (χ1v) is 13.4. The van der Waals surface area contributed by atoms with Gasteiger partial charge in [0.1, 0.15) is 23.7 Å². The van der Waals surface area contributed by atoms with E-state index in [1.54, 1.807) is 17.8 Å². The number of nitriles is 2. The number of alkyl halides is 2. The van der Waals surface area contributed by atoms with Crippen molar-refractivity contribution in [3.8, 4) is 12.1 Å². The van der Waals surface area contributed by atoms with Crippen LogP contribution in [0.15, 0.2) is 35.7 Å². The predicted octanol–water partition coefficient (Wildman–Crippen LogP) is 5.32. The lowest BCUT2D eigenvalue weighted by Gasteiger charge is -2.25. The summed E-state index contributed by atoms with van der Waals surface area (Å²) >= 11 is 1.48. The van der Waals surface area contributed by atoms with Gasteiger partial charge in [0.15, 0.2) is 0 Å². The van der Waals surface area contributed by atoms with Crippen LogP contribution in [-0.4, -0.2) is 33.5 Å². The Morgan fingerprint density at radius 1 is 1.18 bits per heavy atom. The van der Waals surface area contributed by atoms with Crippen LogP contribution in [0.5, 0.6) is 0 Å². The van der Waals surface area contributed by atoms with Crippen LogP contribution in [0.25, 0.3) is 10.9 Å². The Hall–Kier alpha value is -4.00. The van der Waals surface area contributed by atoms with Crippen LogP contribution in [0.4, 0.5) is 20.2 Å². The van der Waals surface area contributed by atoms with Crippen molar-refractivity contribution in [2.45, 2.75) is 58.5 Å². The Bertz CT molecular complexity index is 1520. The van der Waals surface area contributed by atoms with E-state index in [0.717, 1.165) is 10.6 Å². The molecule has 1 saturated carbocycles. The zero-order valence-corrected chi connectivity index (χ0v) is 22.9. The van der Waals surface area contributed by atoms with Gasteiger partial charge in [-0.15, -0.1) is 16.9 Å². The van der Waals surface area contributed by atoms with Gasteiger partial charge in [-0.1, -0.05) is 20.8 Å². The van der Waals surface area contributed by atoms with Crippen LogP contribution in [0, 0.1) is 35.0 Å². The molecule has 1 atom stereocenters. The SMILES string of the molecule is Cc1scnc1[C@H](Nc1cc(C#N)c2ncc(C#N)c(NCC(C)(C)C)c2c1)C1=CN(C2(C(F)F)CC2)NN1. The average molecular weight is 550 g/mol. The molecule has 0 bridgehead atoms. The molecule has 2 aliphatic rings.